The zero-order valence-corrected chi connectivity index (χ0v) is 12.2. The predicted molar refractivity (Wildman–Crippen MR) is 73.4 cm³/mol. The van der Waals surface area contributed by atoms with Crippen molar-refractivity contribution in [3.8, 4) is 0 Å². The number of hydrogen-bond donors (Lipinski definition) is 1. The molecule has 0 radical (unpaired) electrons. The highest BCUT2D eigenvalue weighted by atomic mass is 16.5. The smallest absolute Gasteiger partial charge is 0.0480 e. The SMILES string of the molecule is CC(C)NCC(C(C)C)N(C)C1CCOCC1. The Bertz CT molecular complexity index is 200. The van der Waals surface area contributed by atoms with Crippen LogP contribution in [-0.2, 0) is 4.74 Å². The Morgan fingerprint density at radius 3 is 2.24 bits per heavy atom. The standard InChI is InChI=1S/C14H30N2O/c1-11(2)14(10-15-12(3)4)16(5)13-6-8-17-9-7-13/h11-15H,6-10H2,1-5H3. The van der Waals surface area contributed by atoms with Gasteiger partial charge in [0.2, 0.25) is 0 Å². The number of ether oxygens (including phenoxy) is 1. The third-order valence-corrected chi connectivity index (χ3v) is 3.79. The van der Waals surface area contributed by atoms with E-state index in [0.29, 0.717) is 24.0 Å². The Labute approximate surface area is 107 Å². The minimum atomic E-state index is 0.569. The van der Waals surface area contributed by atoms with Crippen LogP contribution < -0.4 is 5.32 Å². The van der Waals surface area contributed by atoms with Crippen LogP contribution in [0.2, 0.25) is 0 Å². The second-order valence-corrected chi connectivity index (χ2v) is 5.88. The molecular formula is C14H30N2O. The fraction of sp³-hybridized carbons (Fsp3) is 1.00. The fourth-order valence-electron chi connectivity index (χ4n) is 2.57. The highest BCUT2D eigenvalue weighted by Gasteiger charge is 2.26. The van der Waals surface area contributed by atoms with Gasteiger partial charge in [0.25, 0.3) is 0 Å². The van der Waals surface area contributed by atoms with E-state index in [4.69, 9.17) is 4.74 Å². The van der Waals surface area contributed by atoms with Gasteiger partial charge in [0.15, 0.2) is 0 Å². The van der Waals surface area contributed by atoms with Crippen LogP contribution >= 0.6 is 0 Å². The lowest BCUT2D eigenvalue weighted by molar-refractivity contribution is 0.0200. The maximum atomic E-state index is 5.45. The molecule has 1 N–H and O–H groups in total. The largest absolute Gasteiger partial charge is 0.381 e. The molecule has 0 aliphatic carbocycles. The van der Waals surface area contributed by atoms with Crippen molar-refractivity contribution in [1.29, 1.82) is 0 Å². The van der Waals surface area contributed by atoms with Crippen molar-refractivity contribution in [3.63, 3.8) is 0 Å². The van der Waals surface area contributed by atoms with Crippen LogP contribution in [0.4, 0.5) is 0 Å². The summed E-state index contributed by atoms with van der Waals surface area (Å²) in [5, 5.41) is 3.57. The summed E-state index contributed by atoms with van der Waals surface area (Å²) >= 11 is 0. The van der Waals surface area contributed by atoms with E-state index in [9.17, 15) is 0 Å². The van der Waals surface area contributed by atoms with Crippen LogP contribution in [0.5, 0.6) is 0 Å². The van der Waals surface area contributed by atoms with Gasteiger partial charge in [-0.05, 0) is 25.8 Å². The molecule has 1 unspecified atom stereocenters. The Balaban J connectivity index is 2.49. The first-order valence-electron chi connectivity index (χ1n) is 7.05. The van der Waals surface area contributed by atoms with Gasteiger partial charge in [0.05, 0.1) is 0 Å². The lowest BCUT2D eigenvalue weighted by Gasteiger charge is -2.39. The van der Waals surface area contributed by atoms with E-state index in [1.807, 2.05) is 0 Å². The lowest BCUT2D eigenvalue weighted by atomic mass is 9.98. The van der Waals surface area contributed by atoms with Crippen molar-refractivity contribution >= 4 is 0 Å². The molecule has 1 saturated heterocycles. The third kappa shape index (κ3) is 4.94. The van der Waals surface area contributed by atoms with Crippen LogP contribution in [0.1, 0.15) is 40.5 Å². The zero-order valence-electron chi connectivity index (χ0n) is 12.2. The van der Waals surface area contributed by atoms with Gasteiger partial charge in [-0.15, -0.1) is 0 Å². The van der Waals surface area contributed by atoms with Crippen LogP contribution in [0.3, 0.4) is 0 Å². The molecule has 1 heterocycles. The molecule has 0 amide bonds. The van der Waals surface area contributed by atoms with Gasteiger partial charge in [0.1, 0.15) is 0 Å². The maximum Gasteiger partial charge on any atom is 0.0480 e. The second kappa shape index (κ2) is 7.34. The molecule has 0 spiro atoms. The van der Waals surface area contributed by atoms with E-state index >= 15 is 0 Å². The van der Waals surface area contributed by atoms with Crippen molar-refractivity contribution in [1.82, 2.24) is 10.2 Å². The molecule has 0 aromatic heterocycles. The summed E-state index contributed by atoms with van der Waals surface area (Å²) in [6.45, 7) is 12.0. The second-order valence-electron chi connectivity index (χ2n) is 5.88. The number of nitrogens with zero attached hydrogens (tertiary/aromatic N) is 1. The molecule has 3 heteroatoms. The topological polar surface area (TPSA) is 24.5 Å². The van der Waals surface area contributed by atoms with E-state index < -0.39 is 0 Å². The molecule has 1 atom stereocenters. The van der Waals surface area contributed by atoms with Gasteiger partial charge in [-0.25, -0.2) is 0 Å². The molecule has 1 aliphatic rings. The Hall–Kier alpha value is -0.120. The highest BCUT2D eigenvalue weighted by Crippen LogP contribution is 2.19. The monoisotopic (exact) mass is 242 g/mol. The van der Waals surface area contributed by atoms with E-state index in [0.717, 1.165) is 19.8 Å². The average molecular weight is 242 g/mol. The summed E-state index contributed by atoms with van der Waals surface area (Å²) in [6, 6.07) is 1.89. The van der Waals surface area contributed by atoms with E-state index in [1.165, 1.54) is 12.8 Å². The van der Waals surface area contributed by atoms with Gasteiger partial charge in [0, 0.05) is 37.9 Å². The minimum absolute atomic E-state index is 0.569. The van der Waals surface area contributed by atoms with Gasteiger partial charge < -0.3 is 10.1 Å². The summed E-state index contributed by atoms with van der Waals surface area (Å²) in [5.74, 6) is 0.689. The minimum Gasteiger partial charge on any atom is -0.381 e. The summed E-state index contributed by atoms with van der Waals surface area (Å²) in [5.41, 5.74) is 0. The molecule has 0 aromatic carbocycles. The van der Waals surface area contributed by atoms with Crippen LogP contribution in [0, 0.1) is 5.92 Å². The van der Waals surface area contributed by atoms with Gasteiger partial charge in [-0.1, -0.05) is 27.7 Å². The Morgan fingerprint density at radius 2 is 1.76 bits per heavy atom. The van der Waals surface area contributed by atoms with Crippen molar-refractivity contribution in [2.45, 2.75) is 58.7 Å². The number of nitrogens with one attached hydrogen (secondary N) is 1. The van der Waals surface area contributed by atoms with Gasteiger partial charge >= 0.3 is 0 Å². The molecule has 1 fully saturated rings. The molecule has 0 saturated carbocycles. The van der Waals surface area contributed by atoms with E-state index in [-0.39, 0.29) is 0 Å². The molecule has 3 nitrogen and oxygen atoms in total. The normalized spacial score (nSPS) is 20.5. The fourth-order valence-corrected chi connectivity index (χ4v) is 2.57. The van der Waals surface area contributed by atoms with Crippen molar-refractivity contribution < 1.29 is 4.74 Å². The first kappa shape index (κ1) is 14.9. The maximum absolute atomic E-state index is 5.45. The van der Waals surface area contributed by atoms with Crippen molar-refractivity contribution in [2.24, 2.45) is 5.92 Å². The first-order chi connectivity index (χ1) is 8.02. The van der Waals surface area contributed by atoms with Crippen LogP contribution in [0.15, 0.2) is 0 Å². The molecule has 0 bridgehead atoms. The molecule has 102 valence electrons. The quantitative estimate of drug-likeness (QED) is 0.772. The average Bonchev–Trinajstić information content (AvgIpc) is 2.29. The summed E-state index contributed by atoms with van der Waals surface area (Å²) in [7, 11) is 2.28. The molecule has 1 aliphatic heterocycles. The summed E-state index contributed by atoms with van der Waals surface area (Å²) in [4.78, 5) is 2.57. The number of rotatable bonds is 6. The first-order valence-corrected chi connectivity index (χ1v) is 7.05. The highest BCUT2D eigenvalue weighted by molar-refractivity contribution is 4.82. The van der Waals surface area contributed by atoms with Crippen LogP contribution in [-0.4, -0.2) is 49.8 Å². The van der Waals surface area contributed by atoms with Crippen LogP contribution in [0.25, 0.3) is 0 Å². The van der Waals surface area contributed by atoms with E-state index in [1.54, 1.807) is 0 Å². The van der Waals surface area contributed by atoms with Crippen molar-refractivity contribution in [3.05, 3.63) is 0 Å². The Morgan fingerprint density at radius 1 is 1.18 bits per heavy atom. The zero-order chi connectivity index (χ0) is 12.8. The molecule has 1 rings (SSSR count). The number of likely N-dealkylation sites (N-methyl/N-ethyl adjacent to an activating group) is 1. The molecule has 0 aromatic rings. The third-order valence-electron chi connectivity index (χ3n) is 3.79. The van der Waals surface area contributed by atoms with Crippen molar-refractivity contribution in [2.75, 3.05) is 26.8 Å². The predicted octanol–water partition coefficient (Wildman–Crippen LogP) is 2.12. The summed E-state index contributed by atoms with van der Waals surface area (Å²) in [6.07, 6.45) is 2.36. The van der Waals surface area contributed by atoms with Gasteiger partial charge in [-0.3, -0.25) is 4.90 Å². The molecule has 17 heavy (non-hydrogen) atoms. The van der Waals surface area contributed by atoms with Gasteiger partial charge in [-0.2, -0.15) is 0 Å². The lowest BCUT2D eigenvalue weighted by Crippen LogP contribution is -2.50. The molecular weight excluding hydrogens is 212 g/mol. The summed E-state index contributed by atoms with van der Waals surface area (Å²) < 4.78 is 5.45. The number of hydrogen-bond acceptors (Lipinski definition) is 3. The Kier molecular flexibility index (Phi) is 6.45. The van der Waals surface area contributed by atoms with E-state index in [2.05, 4.69) is 45.0 Å².